The number of para-hydroxylation sites is 2. The van der Waals surface area contributed by atoms with Gasteiger partial charge >= 0.3 is 20.1 Å². The SMILES string of the molecule is CC(C)(C)OC(=O)NC1CCCN(c2c(F)cccc2NC(=O)c2nc(Br)cn2COCC[Si](C)(C)C)C1.CC1(C)OB(B2OC(C)(C)C(C)(C)O2)OC1(C)C.Cc1cc(C2=CCC(C(=O)Nc3cccc(F)c3N3CCC[C@@H](N)C3)=N2)nc(N)n1.Cc1cc(Cl)nc(C)n1. The molecule has 5 aliphatic heterocycles. The number of benzene rings is 2. The van der Waals surface area contributed by atoms with Crippen LogP contribution in [0.2, 0.25) is 30.8 Å². The van der Waals surface area contributed by atoms with Crippen LogP contribution in [0.4, 0.5) is 42.3 Å². The number of hydrogen-bond acceptors (Lipinski definition) is 19. The minimum atomic E-state index is -1.24. The number of carbonyl (C=O) groups is 3. The molecule has 1 unspecified atom stereocenters. The molecule has 10 rings (SSSR count). The fourth-order valence-electron chi connectivity index (χ4n) is 10.6. The van der Waals surface area contributed by atoms with E-state index in [4.69, 9.17) is 51.2 Å². The van der Waals surface area contributed by atoms with Crippen LogP contribution in [0.1, 0.15) is 142 Å². The lowest BCUT2D eigenvalue weighted by Crippen LogP contribution is -2.49. The first-order chi connectivity index (χ1) is 44.2. The molecular weight excluding hydrogens is 1320 g/mol. The van der Waals surface area contributed by atoms with E-state index in [1.807, 2.05) is 92.0 Å². The van der Waals surface area contributed by atoms with Gasteiger partial charge in [0.1, 0.15) is 45.3 Å². The molecular formula is C65H94B2BrClF2N14O9Si. The number of ether oxygens (including phenoxy) is 2. The van der Waals surface area contributed by atoms with Gasteiger partial charge in [0.15, 0.2) is 0 Å². The first kappa shape index (κ1) is 75.9. The molecule has 8 heterocycles. The Balaban J connectivity index is 0.000000197. The third-order valence-corrected chi connectivity index (χ3v) is 19.0. The summed E-state index contributed by atoms with van der Waals surface area (Å²) in [5, 5.41) is 9.05. The van der Waals surface area contributed by atoms with E-state index in [-0.39, 0.29) is 70.4 Å². The summed E-state index contributed by atoms with van der Waals surface area (Å²) in [4.78, 5) is 67.0. The van der Waals surface area contributed by atoms with Crippen LogP contribution in [0.3, 0.4) is 0 Å². The summed E-state index contributed by atoms with van der Waals surface area (Å²) in [6.07, 6.45) is 6.62. The molecule has 0 spiro atoms. The quantitative estimate of drug-likeness (QED) is 0.0392. The van der Waals surface area contributed by atoms with Gasteiger partial charge < -0.3 is 69.9 Å². The number of anilines is 5. The molecule has 2 atom stereocenters. The van der Waals surface area contributed by atoms with Gasteiger partial charge in [-0.1, -0.05) is 49.5 Å². The van der Waals surface area contributed by atoms with Crippen molar-refractivity contribution in [3.8, 4) is 0 Å². The smallest absolute Gasteiger partial charge is 0.444 e. The molecule has 0 radical (unpaired) electrons. The number of nitrogens with two attached hydrogens (primary N) is 2. The fourth-order valence-corrected chi connectivity index (χ4v) is 12.0. The lowest BCUT2D eigenvalue weighted by atomic mass is 9.49. The van der Waals surface area contributed by atoms with Crippen LogP contribution in [0.15, 0.2) is 70.4 Å². The van der Waals surface area contributed by atoms with Crippen LogP contribution in [0.5, 0.6) is 0 Å². The first-order valence-corrected chi connectivity index (χ1v) is 36.9. The minimum Gasteiger partial charge on any atom is -0.444 e. The van der Waals surface area contributed by atoms with Crippen LogP contribution in [-0.4, -0.2) is 148 Å². The Labute approximate surface area is 572 Å². The number of aliphatic imine (C=N–C) groups is 1. The van der Waals surface area contributed by atoms with E-state index >= 15 is 4.39 Å². The highest BCUT2D eigenvalue weighted by Gasteiger charge is 2.63. The number of alkyl carbamates (subject to hydrolysis) is 1. The molecule has 23 nitrogen and oxygen atoms in total. The zero-order chi connectivity index (χ0) is 70.2. The Morgan fingerprint density at radius 2 is 1.31 bits per heavy atom. The van der Waals surface area contributed by atoms with Crippen molar-refractivity contribution < 1.29 is 51.3 Å². The molecule has 2 aromatic carbocycles. The highest BCUT2D eigenvalue weighted by molar-refractivity contribution is 9.10. The van der Waals surface area contributed by atoms with E-state index in [1.165, 1.54) is 12.1 Å². The molecule has 0 aliphatic carbocycles. The Bertz CT molecular complexity index is 3480. The maximum absolute atomic E-state index is 15.1. The number of halogens is 4. The molecule has 3 amide bonds. The Kier molecular flexibility index (Phi) is 25.1. The number of allylic oxidation sites excluding steroid dienone is 1. The number of nitrogens with one attached hydrogen (secondary N) is 3. The maximum atomic E-state index is 15.1. The van der Waals surface area contributed by atoms with Gasteiger partial charge in [0.25, 0.3) is 11.8 Å². The van der Waals surface area contributed by atoms with E-state index in [9.17, 15) is 18.8 Å². The van der Waals surface area contributed by atoms with Gasteiger partial charge in [-0.3, -0.25) is 9.59 Å². The topological polar surface area (TPSA) is 283 Å². The summed E-state index contributed by atoms with van der Waals surface area (Å²) in [6, 6.07) is 13.5. The Hall–Kier alpha value is -6.43. The molecule has 30 heteroatoms. The third kappa shape index (κ3) is 21.3. The Morgan fingerprint density at radius 1 is 0.768 bits per heavy atom. The predicted molar refractivity (Wildman–Crippen MR) is 377 cm³/mol. The van der Waals surface area contributed by atoms with Crippen molar-refractivity contribution in [1.29, 1.82) is 0 Å². The number of carbonyl (C=O) groups excluding carboxylic acids is 3. The normalized spacial score (nSPS) is 19.4. The second-order valence-corrected chi connectivity index (χ2v) is 35.2. The zero-order valence-corrected chi connectivity index (χ0v) is 61.3. The van der Waals surface area contributed by atoms with Crippen LogP contribution >= 0.6 is 27.5 Å². The Morgan fingerprint density at radius 3 is 1.82 bits per heavy atom. The number of piperidine rings is 2. The van der Waals surface area contributed by atoms with Crippen molar-refractivity contribution in [2.75, 3.05) is 59.0 Å². The molecule has 7 N–H and O–H groups in total. The number of aromatic nitrogens is 6. The van der Waals surface area contributed by atoms with Crippen LogP contribution in [0.25, 0.3) is 5.70 Å². The van der Waals surface area contributed by atoms with Crippen molar-refractivity contribution in [2.45, 2.75) is 202 Å². The first-order valence-electron chi connectivity index (χ1n) is 32.0. The summed E-state index contributed by atoms with van der Waals surface area (Å²) < 4.78 is 66.9. The van der Waals surface area contributed by atoms with Gasteiger partial charge in [-0.25, -0.2) is 43.5 Å². The van der Waals surface area contributed by atoms with Crippen molar-refractivity contribution in [2.24, 2.45) is 10.7 Å². The number of nitrogens with zero attached hydrogens (tertiary/aromatic N) is 9. The van der Waals surface area contributed by atoms with E-state index in [2.05, 4.69) is 81.4 Å². The molecule has 0 saturated carbocycles. The van der Waals surface area contributed by atoms with Crippen molar-refractivity contribution in [3.05, 3.63) is 111 Å². The molecule has 95 heavy (non-hydrogen) atoms. The van der Waals surface area contributed by atoms with E-state index < -0.39 is 45.5 Å². The maximum Gasteiger partial charge on any atom is 0.488 e. The molecule has 5 aliphatic rings. The third-order valence-electron chi connectivity index (χ3n) is 16.7. The minimum absolute atomic E-state index is 0.0170. The van der Waals surface area contributed by atoms with Crippen LogP contribution in [-0.2, 0) is 39.6 Å². The lowest BCUT2D eigenvalue weighted by molar-refractivity contribution is -0.110. The van der Waals surface area contributed by atoms with Crippen molar-refractivity contribution in [3.63, 3.8) is 0 Å². The summed E-state index contributed by atoms with van der Waals surface area (Å²) in [6.45, 7) is 37.0. The predicted octanol–water partition coefficient (Wildman–Crippen LogP) is 12.1. The van der Waals surface area contributed by atoms with Gasteiger partial charge in [-0.05, 0) is 181 Å². The van der Waals surface area contributed by atoms with Crippen LogP contribution in [0, 0.1) is 32.4 Å². The van der Waals surface area contributed by atoms with Gasteiger partial charge in [-0.15, -0.1) is 0 Å². The molecule has 516 valence electrons. The molecule has 4 saturated heterocycles. The number of amides is 3. The monoisotopic (exact) mass is 1420 g/mol. The summed E-state index contributed by atoms with van der Waals surface area (Å²) in [5.74, 6) is -0.669. The van der Waals surface area contributed by atoms with Crippen molar-refractivity contribution in [1.82, 2.24) is 34.8 Å². The lowest BCUT2D eigenvalue weighted by Gasteiger charge is -2.36. The highest BCUT2D eigenvalue weighted by atomic mass is 79.9. The van der Waals surface area contributed by atoms with Gasteiger partial charge in [-0.2, -0.15) is 0 Å². The van der Waals surface area contributed by atoms with E-state index in [1.54, 1.807) is 67.9 Å². The standard InChI is InChI=1S/C26H39BrFN5O4Si.C21H24FN7O.C12H24B2O4.C6H7ClN2/c1-26(2,3)37-25(35)29-18-9-8-12-32(15-18)22-19(28)10-7-11-20(22)30-24(34)23-31-21(27)16-33(23)17-36-13-14-38(4,5)6;1-12-10-18(28-21(24)25-12)15-7-8-17(26-15)20(30)27-16-6-2-5-14(22)19(16)29-9-3-4-13(23)11-29;1-9(2)10(3,4)16-13(15-9)14-17-11(5,6)12(7,8)18-14;1-4-3-6(7)9-5(2)8-4/h7,10-11,16,18H,8-9,12-15,17H2,1-6H3,(H,29,35)(H,30,34);2,5-7,10,13H,3-4,8-9,11,23H2,1H3,(H,27,30)(H2,24,25,28);1-8H3;3H,1-2H3/t;13-;;/m.1../s1. The molecule has 0 bridgehead atoms. The average molecular weight is 1420 g/mol. The summed E-state index contributed by atoms with van der Waals surface area (Å²) in [5.41, 5.74) is 14.2. The second kappa shape index (κ2) is 31.4. The van der Waals surface area contributed by atoms with E-state index in [0.717, 1.165) is 48.9 Å². The van der Waals surface area contributed by atoms with Gasteiger partial charge in [0, 0.05) is 76.9 Å². The van der Waals surface area contributed by atoms with Gasteiger partial charge in [0.2, 0.25) is 11.8 Å². The number of imidazole rings is 1. The average Bonchev–Trinajstić information content (AvgIpc) is 1.61. The van der Waals surface area contributed by atoms with Gasteiger partial charge in [0.05, 0.1) is 56.5 Å². The zero-order valence-electron chi connectivity index (χ0n) is 57.9. The number of hydrogen-bond donors (Lipinski definition) is 5. The fraction of sp³-hybridized carbons (Fsp3) is 0.554. The number of rotatable bonds is 14. The van der Waals surface area contributed by atoms with Crippen molar-refractivity contribution >= 4 is 108 Å². The number of aryl methyl sites for hydroxylation is 3. The molecule has 4 fully saturated rings. The highest BCUT2D eigenvalue weighted by Crippen LogP contribution is 2.43. The van der Waals surface area contributed by atoms with E-state index in [0.29, 0.717) is 83.1 Å². The molecule has 3 aromatic heterocycles. The van der Waals surface area contributed by atoms with Crippen LogP contribution < -0.4 is 37.2 Å². The number of nitrogen functional groups attached to an aromatic ring is 1. The molecule has 5 aromatic rings. The summed E-state index contributed by atoms with van der Waals surface area (Å²) in [7, 11) is -2.19. The summed E-state index contributed by atoms with van der Waals surface area (Å²) >= 11 is 8.94. The largest absolute Gasteiger partial charge is 0.488 e. The second-order valence-electron chi connectivity index (χ2n) is 28.4.